The zero-order chi connectivity index (χ0) is 14.8. The Morgan fingerprint density at radius 3 is 2.55 bits per heavy atom. The molecule has 1 aromatic carbocycles. The van der Waals surface area contributed by atoms with Crippen molar-refractivity contribution in [3.63, 3.8) is 0 Å². The summed E-state index contributed by atoms with van der Waals surface area (Å²) in [4.78, 5) is 11.7. The number of esters is 1. The molecule has 0 fully saturated rings. The lowest BCUT2D eigenvalue weighted by Crippen LogP contribution is -2.26. The van der Waals surface area contributed by atoms with Gasteiger partial charge >= 0.3 is 5.97 Å². The summed E-state index contributed by atoms with van der Waals surface area (Å²) in [5, 5.41) is 8.69. The van der Waals surface area contributed by atoms with E-state index in [9.17, 15) is 4.79 Å². The lowest BCUT2D eigenvalue weighted by molar-refractivity contribution is -0.151. The first-order valence-corrected chi connectivity index (χ1v) is 7.00. The third kappa shape index (κ3) is 5.75. The van der Waals surface area contributed by atoms with Crippen molar-refractivity contribution in [3.8, 4) is 11.8 Å². The number of unbranched alkanes of at least 4 members (excludes halogenated alkanes) is 3. The van der Waals surface area contributed by atoms with Crippen molar-refractivity contribution in [2.75, 3.05) is 6.61 Å². The van der Waals surface area contributed by atoms with Crippen LogP contribution in [0.15, 0.2) is 24.3 Å². The number of nitriles is 1. The minimum absolute atomic E-state index is 0.356. The second kappa shape index (κ2) is 8.98. The minimum atomic E-state index is -0.644. The van der Waals surface area contributed by atoms with Crippen LogP contribution >= 0.6 is 0 Å². The largest absolute Gasteiger partial charge is 0.479 e. The molecule has 0 aliphatic carbocycles. The second-order valence-corrected chi connectivity index (χ2v) is 4.62. The summed E-state index contributed by atoms with van der Waals surface area (Å²) >= 11 is 0. The van der Waals surface area contributed by atoms with Crippen molar-refractivity contribution in [3.05, 3.63) is 29.8 Å². The molecule has 108 valence electrons. The van der Waals surface area contributed by atoms with Crippen LogP contribution in [0.3, 0.4) is 0 Å². The third-order valence-electron chi connectivity index (χ3n) is 2.87. The highest BCUT2D eigenvalue weighted by molar-refractivity contribution is 5.74. The summed E-state index contributed by atoms with van der Waals surface area (Å²) in [6.07, 6.45) is 3.65. The lowest BCUT2D eigenvalue weighted by Gasteiger charge is -2.14. The van der Waals surface area contributed by atoms with Gasteiger partial charge in [0.25, 0.3) is 0 Å². The summed E-state index contributed by atoms with van der Waals surface area (Å²) < 4.78 is 10.6. The van der Waals surface area contributed by atoms with E-state index in [1.54, 1.807) is 31.2 Å². The number of hydrogen-bond acceptors (Lipinski definition) is 4. The second-order valence-electron chi connectivity index (χ2n) is 4.62. The lowest BCUT2D eigenvalue weighted by atomic mass is 10.2. The monoisotopic (exact) mass is 275 g/mol. The molecule has 1 aromatic rings. The van der Waals surface area contributed by atoms with E-state index in [0.29, 0.717) is 17.9 Å². The predicted molar refractivity (Wildman–Crippen MR) is 76.3 cm³/mol. The van der Waals surface area contributed by atoms with Crippen molar-refractivity contribution in [2.45, 2.75) is 45.6 Å². The van der Waals surface area contributed by atoms with Crippen molar-refractivity contribution in [2.24, 2.45) is 0 Å². The molecule has 1 unspecified atom stereocenters. The quantitative estimate of drug-likeness (QED) is 0.538. The van der Waals surface area contributed by atoms with E-state index in [0.717, 1.165) is 25.7 Å². The van der Waals surface area contributed by atoms with Crippen LogP contribution in [0.1, 0.15) is 45.1 Å². The Balaban J connectivity index is 2.31. The zero-order valence-electron chi connectivity index (χ0n) is 12.1. The topological polar surface area (TPSA) is 59.3 Å². The molecule has 0 heterocycles. The molecule has 0 aromatic heterocycles. The van der Waals surface area contributed by atoms with Crippen molar-refractivity contribution >= 4 is 5.97 Å². The van der Waals surface area contributed by atoms with Crippen LogP contribution in [0.4, 0.5) is 0 Å². The number of carbonyl (C=O) groups is 1. The fraction of sp³-hybridized carbons (Fsp3) is 0.500. The van der Waals surface area contributed by atoms with Gasteiger partial charge < -0.3 is 9.47 Å². The Bertz CT molecular complexity index is 448. The van der Waals surface area contributed by atoms with E-state index >= 15 is 0 Å². The van der Waals surface area contributed by atoms with E-state index in [4.69, 9.17) is 14.7 Å². The van der Waals surface area contributed by atoms with E-state index in [1.807, 2.05) is 6.07 Å². The molecule has 4 nitrogen and oxygen atoms in total. The summed E-state index contributed by atoms with van der Waals surface area (Å²) in [7, 11) is 0. The summed E-state index contributed by atoms with van der Waals surface area (Å²) in [6, 6.07) is 8.67. The molecule has 0 aliphatic rings. The van der Waals surface area contributed by atoms with E-state index in [2.05, 4.69) is 6.92 Å². The Hall–Kier alpha value is -2.02. The van der Waals surface area contributed by atoms with Crippen molar-refractivity contribution < 1.29 is 14.3 Å². The van der Waals surface area contributed by atoms with Gasteiger partial charge in [-0.1, -0.05) is 26.2 Å². The Morgan fingerprint density at radius 1 is 1.25 bits per heavy atom. The molecule has 0 saturated heterocycles. The van der Waals surface area contributed by atoms with Gasteiger partial charge in [0.2, 0.25) is 0 Å². The molecule has 4 heteroatoms. The highest BCUT2D eigenvalue weighted by Gasteiger charge is 2.15. The maximum atomic E-state index is 11.7. The van der Waals surface area contributed by atoms with Gasteiger partial charge in [0, 0.05) is 0 Å². The molecule has 0 aliphatic heterocycles. The van der Waals surface area contributed by atoms with Gasteiger partial charge in [-0.3, -0.25) is 0 Å². The maximum Gasteiger partial charge on any atom is 0.347 e. The van der Waals surface area contributed by atoms with Crippen LogP contribution in [-0.2, 0) is 9.53 Å². The molecule has 1 rings (SSSR count). The van der Waals surface area contributed by atoms with Crippen LogP contribution in [0.2, 0.25) is 0 Å². The smallest absolute Gasteiger partial charge is 0.347 e. The summed E-state index contributed by atoms with van der Waals surface area (Å²) in [5.74, 6) is 0.199. The first kappa shape index (κ1) is 16.0. The number of carbonyl (C=O) groups excluding carboxylic acids is 1. The number of hydrogen-bond donors (Lipinski definition) is 0. The van der Waals surface area contributed by atoms with Gasteiger partial charge in [0.1, 0.15) is 5.75 Å². The highest BCUT2D eigenvalue weighted by atomic mass is 16.6. The molecule has 0 radical (unpaired) electrons. The first-order chi connectivity index (χ1) is 9.67. The molecule has 0 amide bonds. The number of ether oxygens (including phenoxy) is 2. The maximum absolute atomic E-state index is 11.7. The van der Waals surface area contributed by atoms with Crippen LogP contribution < -0.4 is 4.74 Å². The van der Waals surface area contributed by atoms with Gasteiger partial charge in [0.05, 0.1) is 18.2 Å². The van der Waals surface area contributed by atoms with E-state index < -0.39 is 6.10 Å². The number of rotatable bonds is 8. The van der Waals surface area contributed by atoms with Crippen LogP contribution in [0.25, 0.3) is 0 Å². The summed E-state index contributed by atoms with van der Waals surface area (Å²) in [5.41, 5.74) is 0.559. The molecular formula is C16H21NO3. The Kier molecular flexibility index (Phi) is 7.20. The van der Waals surface area contributed by atoms with Gasteiger partial charge in [-0.15, -0.1) is 0 Å². The fourth-order valence-electron chi connectivity index (χ4n) is 1.68. The molecule has 20 heavy (non-hydrogen) atoms. The SMILES string of the molecule is CCCCCCOC(=O)C(C)Oc1ccc(C#N)cc1. The summed E-state index contributed by atoms with van der Waals surface area (Å²) in [6.45, 7) is 4.24. The molecule has 0 N–H and O–H groups in total. The standard InChI is InChI=1S/C16H21NO3/c1-3-4-5-6-11-19-16(18)13(2)20-15-9-7-14(12-17)8-10-15/h7-10,13H,3-6,11H2,1-2H3. The molecule has 0 saturated carbocycles. The molecule has 0 bridgehead atoms. The van der Waals surface area contributed by atoms with E-state index in [-0.39, 0.29) is 5.97 Å². The third-order valence-corrected chi connectivity index (χ3v) is 2.87. The van der Waals surface area contributed by atoms with E-state index in [1.165, 1.54) is 0 Å². The highest BCUT2D eigenvalue weighted by Crippen LogP contribution is 2.14. The molecular weight excluding hydrogens is 254 g/mol. The van der Waals surface area contributed by atoms with Gasteiger partial charge in [-0.05, 0) is 37.6 Å². The predicted octanol–water partition coefficient (Wildman–Crippen LogP) is 3.45. The Morgan fingerprint density at radius 2 is 1.95 bits per heavy atom. The minimum Gasteiger partial charge on any atom is -0.479 e. The Labute approximate surface area is 120 Å². The molecule has 1 atom stereocenters. The normalized spacial score (nSPS) is 11.4. The van der Waals surface area contributed by atoms with Crippen LogP contribution in [-0.4, -0.2) is 18.7 Å². The molecule has 0 spiro atoms. The fourth-order valence-corrected chi connectivity index (χ4v) is 1.68. The van der Waals surface area contributed by atoms with Gasteiger partial charge in [0.15, 0.2) is 6.10 Å². The van der Waals surface area contributed by atoms with Gasteiger partial charge in [-0.2, -0.15) is 5.26 Å². The van der Waals surface area contributed by atoms with Crippen molar-refractivity contribution in [1.29, 1.82) is 5.26 Å². The van der Waals surface area contributed by atoms with Crippen LogP contribution in [0, 0.1) is 11.3 Å². The number of nitrogens with zero attached hydrogens (tertiary/aromatic N) is 1. The number of benzene rings is 1. The van der Waals surface area contributed by atoms with Crippen LogP contribution in [0.5, 0.6) is 5.75 Å². The average molecular weight is 275 g/mol. The first-order valence-electron chi connectivity index (χ1n) is 7.00. The van der Waals surface area contributed by atoms with Gasteiger partial charge in [-0.25, -0.2) is 4.79 Å². The zero-order valence-corrected chi connectivity index (χ0v) is 12.1. The van der Waals surface area contributed by atoms with Crippen molar-refractivity contribution in [1.82, 2.24) is 0 Å². The average Bonchev–Trinajstić information content (AvgIpc) is 2.47.